The first-order chi connectivity index (χ1) is 19.1. The van der Waals surface area contributed by atoms with Crippen LogP contribution in [-0.2, 0) is 38.7 Å². The van der Waals surface area contributed by atoms with Gasteiger partial charge in [-0.15, -0.1) is 33.5 Å². The van der Waals surface area contributed by atoms with Crippen molar-refractivity contribution >= 4 is 16.8 Å². The fourth-order valence-electron chi connectivity index (χ4n) is 7.37. The van der Waals surface area contributed by atoms with E-state index in [2.05, 4.69) is 106 Å². The average Bonchev–Trinajstić information content (AvgIpc) is 3.45. The van der Waals surface area contributed by atoms with Gasteiger partial charge in [0, 0.05) is 31.8 Å². The molecule has 0 fully saturated rings. The minimum Gasteiger partial charge on any atom is -0.164 e. The molecule has 0 radical (unpaired) electrons. The largest absolute Gasteiger partial charge is 0.164 e. The van der Waals surface area contributed by atoms with Crippen molar-refractivity contribution in [2.75, 3.05) is 0 Å². The van der Waals surface area contributed by atoms with E-state index in [1.807, 2.05) is 0 Å². The second-order valence-corrected chi connectivity index (χ2v) is 13.9. The molecule has 0 bridgehead atoms. The fourth-order valence-corrected chi connectivity index (χ4v) is 7.37. The zero-order valence-corrected chi connectivity index (χ0v) is 31.6. The first kappa shape index (κ1) is 34.2. The molecule has 1 unspecified atom stereocenters. The number of fused-ring (bicyclic) bond motifs is 2. The first-order valence-corrected chi connectivity index (χ1v) is 16.7. The van der Waals surface area contributed by atoms with Crippen LogP contribution in [0.15, 0.2) is 35.9 Å². The van der Waals surface area contributed by atoms with Gasteiger partial charge in [0.25, 0.3) is 0 Å². The van der Waals surface area contributed by atoms with Crippen molar-refractivity contribution in [1.82, 2.24) is 0 Å². The van der Waals surface area contributed by atoms with E-state index in [1.165, 1.54) is 56.9 Å². The van der Waals surface area contributed by atoms with E-state index < -0.39 is 0 Å². The standard InChI is InChI=1S/C40H57.Hf/c1-11-13-15-29-23-37-31(25(3)4)17-19-33(27(7)8)39(37)35(29)21-22-36-30(16-14-12-2)24-38-32(26(5)6)18-20-34(28(9)10)40(36)38;/h17-20,23-28,35H,11-16,21-22H2,1-10H3;/q-1;. The Bertz CT molecular complexity index is 1330. The Balaban J connectivity index is 0.00000462. The molecule has 41 heavy (non-hydrogen) atoms. The molecule has 1 aliphatic carbocycles. The predicted octanol–water partition coefficient (Wildman–Crippen LogP) is 12.7. The van der Waals surface area contributed by atoms with Crippen LogP contribution in [0.25, 0.3) is 16.8 Å². The Morgan fingerprint density at radius 3 is 1.80 bits per heavy atom. The summed E-state index contributed by atoms with van der Waals surface area (Å²) in [5.74, 6) is 2.75. The SMILES string of the molecule is CCCCC1=Cc2c(C(C)C)ccc(C(C)C)c2C1CC[c-]1c(CCCC)cc2c(C(C)C)ccc(C(C)C)c21.[Hf]. The number of rotatable bonds is 13. The summed E-state index contributed by atoms with van der Waals surface area (Å²) in [7, 11) is 0. The first-order valence-electron chi connectivity index (χ1n) is 16.7. The Hall–Kier alpha value is -1.34. The third-order valence-corrected chi connectivity index (χ3v) is 9.59. The summed E-state index contributed by atoms with van der Waals surface area (Å²) >= 11 is 0. The van der Waals surface area contributed by atoms with Crippen LogP contribution in [0.1, 0.15) is 182 Å². The smallest absolute Gasteiger partial charge is 0.00561 e. The van der Waals surface area contributed by atoms with Crippen LogP contribution in [0.4, 0.5) is 0 Å². The van der Waals surface area contributed by atoms with Gasteiger partial charge in [0.05, 0.1) is 0 Å². The van der Waals surface area contributed by atoms with Crippen molar-refractivity contribution in [2.24, 2.45) is 0 Å². The maximum absolute atomic E-state index is 2.63. The summed E-state index contributed by atoms with van der Waals surface area (Å²) in [5, 5.41) is 3.14. The number of unbranched alkanes of at least 4 members (excludes halogenated alkanes) is 2. The Labute approximate surface area is 271 Å². The summed E-state index contributed by atoms with van der Waals surface area (Å²) in [6.45, 7) is 23.7. The number of hydrogen-bond donors (Lipinski definition) is 0. The molecule has 0 saturated heterocycles. The third-order valence-electron chi connectivity index (χ3n) is 9.59. The van der Waals surface area contributed by atoms with Crippen molar-refractivity contribution in [3.05, 3.63) is 80.4 Å². The average molecular weight is 716 g/mol. The topological polar surface area (TPSA) is 0 Å². The van der Waals surface area contributed by atoms with Gasteiger partial charge in [-0.2, -0.15) is 6.07 Å². The molecule has 0 spiro atoms. The van der Waals surface area contributed by atoms with Gasteiger partial charge in [-0.1, -0.05) is 136 Å². The summed E-state index contributed by atoms with van der Waals surface area (Å²) in [5.41, 5.74) is 14.4. The molecule has 0 nitrogen and oxygen atoms in total. The molecule has 0 saturated carbocycles. The van der Waals surface area contributed by atoms with Crippen LogP contribution in [0, 0.1) is 0 Å². The maximum atomic E-state index is 2.63. The molecule has 1 heteroatoms. The minimum absolute atomic E-state index is 0. The van der Waals surface area contributed by atoms with Gasteiger partial charge in [-0.25, -0.2) is 0 Å². The molecule has 1 aliphatic rings. The van der Waals surface area contributed by atoms with E-state index >= 15 is 0 Å². The van der Waals surface area contributed by atoms with Gasteiger partial charge in [0.1, 0.15) is 0 Å². The van der Waals surface area contributed by atoms with Crippen molar-refractivity contribution < 1.29 is 25.8 Å². The minimum atomic E-state index is 0. The number of hydrogen-bond acceptors (Lipinski definition) is 0. The van der Waals surface area contributed by atoms with Gasteiger partial charge >= 0.3 is 0 Å². The quantitative estimate of drug-likeness (QED) is 0.122. The molecule has 1 atom stereocenters. The summed E-state index contributed by atoms with van der Waals surface area (Å²) in [4.78, 5) is 0. The summed E-state index contributed by atoms with van der Waals surface area (Å²) in [6, 6.07) is 12.4. The van der Waals surface area contributed by atoms with E-state index in [0.717, 1.165) is 0 Å². The Morgan fingerprint density at radius 2 is 1.22 bits per heavy atom. The summed E-state index contributed by atoms with van der Waals surface area (Å²) in [6.07, 6.45) is 12.6. The Kier molecular flexibility index (Phi) is 12.4. The van der Waals surface area contributed by atoms with Gasteiger partial charge in [0.15, 0.2) is 0 Å². The molecular formula is C40H57Hf-. The van der Waals surface area contributed by atoms with Crippen LogP contribution in [0.3, 0.4) is 0 Å². The fraction of sp³-hybridized carbons (Fsp3) is 0.575. The second kappa shape index (κ2) is 14.9. The predicted molar refractivity (Wildman–Crippen MR) is 180 cm³/mol. The molecule has 0 amide bonds. The van der Waals surface area contributed by atoms with Crippen LogP contribution in [-0.4, -0.2) is 0 Å². The van der Waals surface area contributed by atoms with Gasteiger partial charge in [-0.05, 0) is 65.7 Å². The summed E-state index contributed by atoms with van der Waals surface area (Å²) < 4.78 is 0. The van der Waals surface area contributed by atoms with Gasteiger partial charge in [0.2, 0.25) is 0 Å². The van der Waals surface area contributed by atoms with E-state index in [9.17, 15) is 0 Å². The van der Waals surface area contributed by atoms with E-state index in [0.29, 0.717) is 29.6 Å². The Morgan fingerprint density at radius 1 is 0.683 bits per heavy atom. The van der Waals surface area contributed by atoms with Crippen LogP contribution < -0.4 is 0 Å². The monoisotopic (exact) mass is 717 g/mol. The molecule has 222 valence electrons. The second-order valence-electron chi connectivity index (χ2n) is 13.9. The number of allylic oxidation sites excluding steroid dienone is 1. The van der Waals surface area contributed by atoms with Crippen LogP contribution in [0.2, 0.25) is 0 Å². The van der Waals surface area contributed by atoms with Crippen LogP contribution in [0.5, 0.6) is 0 Å². The molecule has 0 aliphatic heterocycles. The van der Waals surface area contributed by atoms with Gasteiger partial charge < -0.3 is 0 Å². The molecule has 3 aromatic rings. The number of benzene rings is 2. The molecule has 0 heterocycles. The van der Waals surface area contributed by atoms with Crippen molar-refractivity contribution in [1.29, 1.82) is 0 Å². The third kappa shape index (κ3) is 7.08. The van der Waals surface area contributed by atoms with Crippen LogP contribution >= 0.6 is 0 Å². The van der Waals surface area contributed by atoms with Crippen molar-refractivity contribution in [2.45, 2.75) is 150 Å². The zero-order valence-electron chi connectivity index (χ0n) is 28.0. The molecule has 3 aromatic carbocycles. The molecule has 0 aromatic heterocycles. The van der Waals surface area contributed by atoms with E-state index in [4.69, 9.17) is 0 Å². The maximum Gasteiger partial charge on any atom is 0.00561 e. The molecule has 0 N–H and O–H groups in total. The van der Waals surface area contributed by atoms with E-state index in [-0.39, 0.29) is 25.8 Å². The molecular weight excluding hydrogens is 659 g/mol. The normalized spacial score (nSPS) is 15.0. The van der Waals surface area contributed by atoms with Crippen molar-refractivity contribution in [3.63, 3.8) is 0 Å². The van der Waals surface area contributed by atoms with Crippen molar-refractivity contribution in [3.8, 4) is 0 Å². The van der Waals surface area contributed by atoms with E-state index in [1.54, 1.807) is 55.3 Å². The molecule has 4 rings (SSSR count). The van der Waals surface area contributed by atoms with Gasteiger partial charge in [-0.3, -0.25) is 0 Å². The zero-order chi connectivity index (χ0) is 29.1. The number of aryl methyl sites for hydroxylation is 2.